The van der Waals surface area contributed by atoms with E-state index in [1.807, 2.05) is 31.0 Å². The van der Waals surface area contributed by atoms with Crippen molar-refractivity contribution in [2.75, 3.05) is 45.2 Å². The summed E-state index contributed by atoms with van der Waals surface area (Å²) in [7, 11) is 1.83. The minimum atomic E-state index is 0.418. The smallest absolute Gasteiger partial charge is 0.191 e. The van der Waals surface area contributed by atoms with E-state index in [1.54, 1.807) is 0 Å². The van der Waals surface area contributed by atoms with Crippen LogP contribution in [-0.2, 0) is 0 Å². The van der Waals surface area contributed by atoms with Gasteiger partial charge in [-0.2, -0.15) is 11.8 Å². The van der Waals surface area contributed by atoms with Gasteiger partial charge in [0.2, 0.25) is 0 Å². The number of thioether (sulfide) groups is 1. The highest BCUT2D eigenvalue weighted by atomic mass is 32.2. The summed E-state index contributed by atoms with van der Waals surface area (Å²) in [6.07, 6.45) is 8.48. The lowest BCUT2D eigenvalue weighted by Crippen LogP contribution is -2.49. The Bertz CT molecular complexity index is 332. The number of hydrogen-bond acceptors (Lipinski definition) is 3. The Labute approximate surface area is 147 Å². The van der Waals surface area contributed by atoms with Crippen LogP contribution >= 0.6 is 11.8 Å². The Hall–Kier alpha value is -0.940. The van der Waals surface area contributed by atoms with Crippen molar-refractivity contribution in [3.8, 4) is 0 Å². The van der Waals surface area contributed by atoms with Gasteiger partial charge in [-0.1, -0.05) is 26.0 Å². The normalized spacial score (nSPS) is 13.2. The summed E-state index contributed by atoms with van der Waals surface area (Å²) >= 11 is 1.90. The van der Waals surface area contributed by atoms with E-state index in [1.165, 1.54) is 18.6 Å². The molecule has 0 saturated heterocycles. The minimum Gasteiger partial charge on any atom is -0.356 e. The molecular weight excluding hydrogens is 304 g/mol. The van der Waals surface area contributed by atoms with Gasteiger partial charge in [0.15, 0.2) is 5.96 Å². The first-order valence-electron chi connectivity index (χ1n) is 8.49. The second kappa shape index (κ2) is 14.6. The Morgan fingerprint density at radius 2 is 1.83 bits per heavy atom. The van der Waals surface area contributed by atoms with Crippen LogP contribution in [0.4, 0.5) is 0 Å². The number of guanidine groups is 1. The summed E-state index contributed by atoms with van der Waals surface area (Å²) in [5, 5.41) is 6.86. The monoisotopic (exact) mass is 340 g/mol. The van der Waals surface area contributed by atoms with Crippen molar-refractivity contribution in [2.24, 2.45) is 10.9 Å². The average Bonchev–Trinajstić information content (AvgIpc) is 2.53. The molecule has 5 heteroatoms. The summed E-state index contributed by atoms with van der Waals surface area (Å²) in [5.41, 5.74) is 0. The molecule has 0 aromatic heterocycles. The predicted octanol–water partition coefficient (Wildman–Crippen LogP) is 2.99. The molecule has 0 bridgehead atoms. The lowest BCUT2D eigenvalue weighted by atomic mass is 10.0. The maximum Gasteiger partial charge on any atom is 0.191 e. The van der Waals surface area contributed by atoms with Gasteiger partial charge >= 0.3 is 0 Å². The Morgan fingerprint density at radius 3 is 2.30 bits per heavy atom. The zero-order valence-electron chi connectivity index (χ0n) is 15.5. The van der Waals surface area contributed by atoms with Gasteiger partial charge in [-0.3, -0.25) is 9.89 Å². The third-order valence-electron chi connectivity index (χ3n) is 3.74. The number of rotatable bonds is 13. The minimum absolute atomic E-state index is 0.418. The molecule has 0 amide bonds. The van der Waals surface area contributed by atoms with E-state index in [9.17, 15) is 0 Å². The maximum absolute atomic E-state index is 4.32. The van der Waals surface area contributed by atoms with E-state index in [2.05, 4.69) is 53.8 Å². The molecule has 0 fully saturated rings. The molecule has 0 saturated carbocycles. The first kappa shape index (κ1) is 22.1. The quantitative estimate of drug-likeness (QED) is 0.234. The fourth-order valence-corrected chi connectivity index (χ4v) is 2.96. The van der Waals surface area contributed by atoms with Crippen molar-refractivity contribution in [2.45, 2.75) is 32.7 Å². The summed E-state index contributed by atoms with van der Waals surface area (Å²) in [6, 6.07) is 0.418. The summed E-state index contributed by atoms with van der Waals surface area (Å²) < 4.78 is 0. The Balaban J connectivity index is 4.40. The molecular formula is C18H36N4S. The number of hydrogen-bond donors (Lipinski definition) is 2. The van der Waals surface area contributed by atoms with Crippen LogP contribution in [0.5, 0.6) is 0 Å². The largest absolute Gasteiger partial charge is 0.356 e. The molecule has 23 heavy (non-hydrogen) atoms. The van der Waals surface area contributed by atoms with Gasteiger partial charge in [0.25, 0.3) is 0 Å². The molecule has 134 valence electrons. The molecule has 0 aliphatic heterocycles. The lowest BCUT2D eigenvalue weighted by Gasteiger charge is -2.33. The van der Waals surface area contributed by atoms with Crippen LogP contribution in [0.1, 0.15) is 26.7 Å². The average molecular weight is 341 g/mol. The van der Waals surface area contributed by atoms with Crippen LogP contribution in [0.2, 0.25) is 0 Å². The molecule has 0 aliphatic carbocycles. The fraction of sp³-hybridized carbons (Fsp3) is 0.722. The van der Waals surface area contributed by atoms with Crippen LogP contribution in [0, 0.1) is 5.92 Å². The van der Waals surface area contributed by atoms with Crippen molar-refractivity contribution in [1.29, 1.82) is 0 Å². The predicted molar refractivity (Wildman–Crippen MR) is 108 cm³/mol. The summed E-state index contributed by atoms with van der Waals surface area (Å²) in [6.45, 7) is 15.8. The topological polar surface area (TPSA) is 39.7 Å². The van der Waals surface area contributed by atoms with Gasteiger partial charge in [-0.05, 0) is 30.8 Å². The third kappa shape index (κ3) is 10.4. The van der Waals surface area contributed by atoms with Gasteiger partial charge in [0.05, 0.1) is 0 Å². The highest BCUT2D eigenvalue weighted by Crippen LogP contribution is 2.10. The van der Waals surface area contributed by atoms with E-state index in [-0.39, 0.29) is 0 Å². The molecule has 0 spiro atoms. The molecule has 0 aromatic rings. The number of nitrogens with zero attached hydrogens (tertiary/aromatic N) is 2. The molecule has 1 atom stereocenters. The van der Waals surface area contributed by atoms with Crippen LogP contribution in [0.3, 0.4) is 0 Å². The highest BCUT2D eigenvalue weighted by Gasteiger charge is 2.20. The fourth-order valence-electron chi connectivity index (χ4n) is 2.46. The van der Waals surface area contributed by atoms with E-state index < -0.39 is 0 Å². The van der Waals surface area contributed by atoms with E-state index in [0.717, 1.165) is 32.1 Å². The van der Waals surface area contributed by atoms with Crippen molar-refractivity contribution >= 4 is 17.7 Å². The van der Waals surface area contributed by atoms with Gasteiger partial charge in [-0.25, -0.2) is 0 Å². The van der Waals surface area contributed by atoms with E-state index in [0.29, 0.717) is 12.0 Å². The van der Waals surface area contributed by atoms with Crippen molar-refractivity contribution in [3.05, 3.63) is 25.3 Å². The van der Waals surface area contributed by atoms with E-state index >= 15 is 0 Å². The number of unbranched alkanes of at least 4 members (excludes halogenated alkanes) is 1. The van der Waals surface area contributed by atoms with Crippen LogP contribution < -0.4 is 10.6 Å². The Morgan fingerprint density at radius 1 is 1.17 bits per heavy atom. The van der Waals surface area contributed by atoms with Crippen molar-refractivity contribution in [3.63, 3.8) is 0 Å². The SMILES string of the molecule is C=CCN(CC=C)C(CNC(=NC)NCCCCSC)C(C)C. The summed E-state index contributed by atoms with van der Waals surface area (Å²) in [4.78, 5) is 6.71. The molecule has 1 unspecified atom stereocenters. The Kier molecular flexibility index (Phi) is 14.0. The van der Waals surface area contributed by atoms with Gasteiger partial charge < -0.3 is 10.6 Å². The molecule has 2 N–H and O–H groups in total. The summed E-state index contributed by atoms with van der Waals surface area (Å²) in [5.74, 6) is 2.65. The molecule has 0 radical (unpaired) electrons. The van der Waals surface area contributed by atoms with Crippen molar-refractivity contribution in [1.82, 2.24) is 15.5 Å². The molecule has 4 nitrogen and oxygen atoms in total. The van der Waals surface area contributed by atoms with Crippen LogP contribution in [0.25, 0.3) is 0 Å². The standard InChI is InChI=1S/C18H36N4S/c1-7-12-22(13-8-2)17(16(3)4)15-21-18(19-5)20-11-9-10-14-23-6/h7-8,16-17H,1-2,9-15H2,3-6H3,(H2,19,20,21). The maximum atomic E-state index is 4.32. The molecule has 0 rings (SSSR count). The van der Waals surface area contributed by atoms with Gasteiger partial charge in [0, 0.05) is 39.3 Å². The molecule has 0 aromatic carbocycles. The molecule has 0 heterocycles. The zero-order chi connectivity index (χ0) is 17.5. The van der Waals surface area contributed by atoms with Gasteiger partial charge in [0.1, 0.15) is 0 Å². The lowest BCUT2D eigenvalue weighted by molar-refractivity contribution is 0.190. The second-order valence-electron chi connectivity index (χ2n) is 5.92. The van der Waals surface area contributed by atoms with Crippen LogP contribution in [0.15, 0.2) is 30.3 Å². The first-order valence-corrected chi connectivity index (χ1v) is 9.89. The molecule has 0 aliphatic rings. The van der Waals surface area contributed by atoms with Gasteiger partial charge in [-0.15, -0.1) is 13.2 Å². The first-order chi connectivity index (χ1) is 11.1. The number of nitrogens with one attached hydrogen (secondary N) is 2. The van der Waals surface area contributed by atoms with E-state index in [4.69, 9.17) is 0 Å². The second-order valence-corrected chi connectivity index (χ2v) is 6.91. The number of aliphatic imine (C=N–C) groups is 1. The third-order valence-corrected chi connectivity index (χ3v) is 4.43. The zero-order valence-corrected chi connectivity index (χ0v) is 16.3. The van der Waals surface area contributed by atoms with Crippen LogP contribution in [-0.4, -0.2) is 62.1 Å². The highest BCUT2D eigenvalue weighted by molar-refractivity contribution is 7.98. The van der Waals surface area contributed by atoms with Crippen molar-refractivity contribution < 1.29 is 0 Å².